The molecule has 0 aliphatic heterocycles. The summed E-state index contributed by atoms with van der Waals surface area (Å²) < 4.78 is 6.30. The van der Waals surface area contributed by atoms with Crippen molar-refractivity contribution < 1.29 is 9.53 Å². The Bertz CT molecular complexity index is 929. The summed E-state index contributed by atoms with van der Waals surface area (Å²) in [5, 5.41) is 5.16. The first kappa shape index (κ1) is 17.4. The van der Waals surface area contributed by atoms with Crippen LogP contribution in [-0.4, -0.2) is 23.7 Å². The summed E-state index contributed by atoms with van der Waals surface area (Å²) in [6.45, 7) is -0.136. The lowest BCUT2D eigenvalue weighted by molar-refractivity contribution is -0.123. The van der Waals surface area contributed by atoms with Gasteiger partial charge in [0.05, 0.1) is 11.7 Å². The topological polar surface area (TPSA) is 63.6 Å². The quantitative estimate of drug-likeness (QED) is 0.384. The third-order valence-electron chi connectivity index (χ3n) is 3.28. The molecule has 1 amide bonds. The molecule has 1 N–H and O–H groups in total. The number of carbonyl (C=O) groups excluding carboxylic acids is 1. The third-order valence-corrected chi connectivity index (χ3v) is 4.11. The number of hydrogen-bond donors (Lipinski definition) is 1. The van der Waals surface area contributed by atoms with Gasteiger partial charge in [0.25, 0.3) is 5.91 Å². The van der Waals surface area contributed by atoms with Crippen LogP contribution in [-0.2, 0) is 4.79 Å². The van der Waals surface area contributed by atoms with E-state index in [1.165, 1.54) is 6.21 Å². The SMILES string of the molecule is O=C(COc1ccc(Br)cc1)N/N=C/c1cc2ccccc2nc1Cl. The van der Waals surface area contributed by atoms with E-state index >= 15 is 0 Å². The van der Waals surface area contributed by atoms with Crippen LogP contribution >= 0.6 is 27.5 Å². The van der Waals surface area contributed by atoms with Crippen molar-refractivity contribution in [2.75, 3.05) is 6.61 Å². The normalized spacial score (nSPS) is 11.0. The number of nitrogens with zero attached hydrogens (tertiary/aromatic N) is 2. The zero-order chi connectivity index (χ0) is 17.6. The maximum atomic E-state index is 11.8. The molecule has 0 unspecified atom stereocenters. The Labute approximate surface area is 157 Å². The molecule has 0 spiro atoms. The number of nitrogens with one attached hydrogen (secondary N) is 1. The van der Waals surface area contributed by atoms with E-state index in [0.29, 0.717) is 16.5 Å². The minimum absolute atomic E-state index is 0.136. The van der Waals surface area contributed by atoms with Crippen molar-refractivity contribution in [3.8, 4) is 5.75 Å². The van der Waals surface area contributed by atoms with E-state index in [-0.39, 0.29) is 12.5 Å². The smallest absolute Gasteiger partial charge is 0.277 e. The Kier molecular flexibility index (Phi) is 5.63. The highest BCUT2D eigenvalue weighted by Crippen LogP contribution is 2.19. The lowest BCUT2D eigenvalue weighted by Crippen LogP contribution is -2.24. The summed E-state index contributed by atoms with van der Waals surface area (Å²) in [5.41, 5.74) is 3.82. The van der Waals surface area contributed by atoms with Crippen LogP contribution in [0.1, 0.15) is 5.56 Å². The first-order chi connectivity index (χ1) is 12.1. The van der Waals surface area contributed by atoms with Gasteiger partial charge in [0.15, 0.2) is 6.61 Å². The first-order valence-corrected chi connectivity index (χ1v) is 8.54. The second-order valence-electron chi connectivity index (χ2n) is 5.10. The van der Waals surface area contributed by atoms with Crippen LogP contribution in [0, 0.1) is 0 Å². The molecule has 0 aliphatic carbocycles. The number of pyridine rings is 1. The molecule has 0 saturated heterocycles. The number of fused-ring (bicyclic) bond motifs is 1. The molecule has 0 bridgehead atoms. The van der Waals surface area contributed by atoms with E-state index < -0.39 is 0 Å². The molecular formula is C18H13BrClN3O2. The van der Waals surface area contributed by atoms with Gasteiger partial charge in [-0.2, -0.15) is 5.10 Å². The average Bonchev–Trinajstić information content (AvgIpc) is 2.61. The van der Waals surface area contributed by atoms with E-state index in [1.54, 1.807) is 12.1 Å². The molecular weight excluding hydrogens is 406 g/mol. The standard InChI is InChI=1S/C18H13BrClN3O2/c19-14-5-7-15(8-6-14)25-11-17(24)23-21-10-13-9-12-3-1-2-4-16(12)22-18(13)20/h1-10H,11H2,(H,23,24)/b21-10+. The Morgan fingerprint density at radius 3 is 2.80 bits per heavy atom. The Balaban J connectivity index is 1.58. The van der Waals surface area contributed by atoms with Gasteiger partial charge in [0.1, 0.15) is 10.9 Å². The zero-order valence-electron chi connectivity index (χ0n) is 12.9. The van der Waals surface area contributed by atoms with Gasteiger partial charge in [-0.25, -0.2) is 10.4 Å². The van der Waals surface area contributed by atoms with Crippen molar-refractivity contribution >= 4 is 50.6 Å². The number of aromatic nitrogens is 1. The van der Waals surface area contributed by atoms with Gasteiger partial charge in [-0.15, -0.1) is 0 Å². The predicted molar refractivity (Wildman–Crippen MR) is 102 cm³/mol. The summed E-state index contributed by atoms with van der Waals surface area (Å²) in [7, 11) is 0. The molecule has 0 radical (unpaired) electrons. The summed E-state index contributed by atoms with van der Waals surface area (Å²) in [5.74, 6) is 0.230. The lowest BCUT2D eigenvalue weighted by atomic mass is 10.2. The average molecular weight is 419 g/mol. The molecule has 126 valence electrons. The zero-order valence-corrected chi connectivity index (χ0v) is 15.3. The van der Waals surface area contributed by atoms with Crippen LogP contribution in [0.2, 0.25) is 5.15 Å². The fourth-order valence-electron chi connectivity index (χ4n) is 2.09. The largest absolute Gasteiger partial charge is 0.484 e. The number of hydrogen-bond acceptors (Lipinski definition) is 4. The highest BCUT2D eigenvalue weighted by atomic mass is 79.9. The van der Waals surface area contributed by atoms with Crippen molar-refractivity contribution in [3.05, 3.63) is 69.8 Å². The number of rotatable bonds is 5. The molecule has 5 nitrogen and oxygen atoms in total. The second-order valence-corrected chi connectivity index (χ2v) is 6.37. The van der Waals surface area contributed by atoms with Crippen molar-refractivity contribution in [1.82, 2.24) is 10.4 Å². The summed E-state index contributed by atoms with van der Waals surface area (Å²) in [6.07, 6.45) is 1.46. The number of hydrazone groups is 1. The fourth-order valence-corrected chi connectivity index (χ4v) is 2.54. The molecule has 0 saturated carbocycles. The molecule has 1 aromatic heterocycles. The number of ether oxygens (including phenoxy) is 1. The van der Waals surface area contributed by atoms with Gasteiger partial charge in [0, 0.05) is 15.4 Å². The first-order valence-electron chi connectivity index (χ1n) is 7.37. The Morgan fingerprint density at radius 1 is 1.24 bits per heavy atom. The van der Waals surface area contributed by atoms with Gasteiger partial charge < -0.3 is 4.74 Å². The van der Waals surface area contributed by atoms with Crippen LogP contribution in [0.5, 0.6) is 5.75 Å². The van der Waals surface area contributed by atoms with Gasteiger partial charge >= 0.3 is 0 Å². The molecule has 2 aromatic carbocycles. The maximum Gasteiger partial charge on any atom is 0.277 e. The van der Waals surface area contributed by atoms with E-state index in [1.807, 2.05) is 42.5 Å². The maximum absolute atomic E-state index is 11.8. The van der Waals surface area contributed by atoms with Crippen LogP contribution in [0.3, 0.4) is 0 Å². The number of benzene rings is 2. The third kappa shape index (κ3) is 4.78. The van der Waals surface area contributed by atoms with Gasteiger partial charge in [-0.05, 0) is 36.4 Å². The van der Waals surface area contributed by atoms with Crippen molar-refractivity contribution in [1.29, 1.82) is 0 Å². The monoisotopic (exact) mass is 417 g/mol. The minimum Gasteiger partial charge on any atom is -0.484 e. The molecule has 3 aromatic rings. The van der Waals surface area contributed by atoms with Crippen molar-refractivity contribution in [3.63, 3.8) is 0 Å². The summed E-state index contributed by atoms with van der Waals surface area (Å²) >= 11 is 9.46. The molecule has 7 heteroatoms. The van der Waals surface area contributed by atoms with Crippen molar-refractivity contribution in [2.45, 2.75) is 0 Å². The summed E-state index contributed by atoms with van der Waals surface area (Å²) in [6, 6.07) is 16.7. The molecule has 3 rings (SSSR count). The van der Waals surface area contributed by atoms with Crippen molar-refractivity contribution in [2.24, 2.45) is 5.10 Å². The lowest BCUT2D eigenvalue weighted by Gasteiger charge is -2.05. The Morgan fingerprint density at radius 2 is 2.00 bits per heavy atom. The highest BCUT2D eigenvalue weighted by Gasteiger charge is 2.04. The molecule has 25 heavy (non-hydrogen) atoms. The fraction of sp³-hybridized carbons (Fsp3) is 0.0556. The number of carbonyl (C=O) groups is 1. The van der Waals surface area contributed by atoms with Gasteiger partial charge in [-0.3, -0.25) is 4.79 Å². The second kappa shape index (κ2) is 8.09. The van der Waals surface area contributed by atoms with Crippen LogP contribution in [0.15, 0.2) is 64.2 Å². The number of amides is 1. The van der Waals surface area contributed by atoms with Crippen LogP contribution in [0.25, 0.3) is 10.9 Å². The van der Waals surface area contributed by atoms with E-state index in [9.17, 15) is 4.79 Å². The molecule has 0 fully saturated rings. The van der Waals surface area contributed by atoms with Crippen LogP contribution in [0.4, 0.5) is 0 Å². The number of halogens is 2. The van der Waals surface area contributed by atoms with E-state index in [2.05, 4.69) is 31.4 Å². The minimum atomic E-state index is -0.371. The highest BCUT2D eigenvalue weighted by molar-refractivity contribution is 9.10. The Hall–Kier alpha value is -2.44. The molecule has 0 aliphatic rings. The number of para-hydroxylation sites is 1. The van der Waals surface area contributed by atoms with Crippen LogP contribution < -0.4 is 10.2 Å². The van der Waals surface area contributed by atoms with E-state index in [4.69, 9.17) is 16.3 Å². The van der Waals surface area contributed by atoms with Gasteiger partial charge in [-0.1, -0.05) is 45.7 Å². The predicted octanol–water partition coefficient (Wildman–Crippen LogP) is 4.18. The molecule has 0 atom stereocenters. The van der Waals surface area contributed by atoms with E-state index in [0.717, 1.165) is 15.4 Å². The molecule has 1 heterocycles. The summed E-state index contributed by atoms with van der Waals surface area (Å²) in [4.78, 5) is 16.1. The van der Waals surface area contributed by atoms with Gasteiger partial charge in [0.2, 0.25) is 0 Å².